The molecule has 6 heteroatoms. The normalized spacial score (nSPS) is 10.7. The lowest BCUT2D eigenvalue weighted by Gasteiger charge is -2.05. The first-order chi connectivity index (χ1) is 10.1. The zero-order chi connectivity index (χ0) is 15.0. The number of rotatable bonds is 2. The van der Waals surface area contributed by atoms with Crippen molar-refractivity contribution in [1.29, 1.82) is 5.26 Å². The van der Waals surface area contributed by atoms with Gasteiger partial charge in [0.15, 0.2) is 4.77 Å². The fourth-order valence-electron chi connectivity index (χ4n) is 2.18. The van der Waals surface area contributed by atoms with E-state index in [1.165, 1.54) is 12.1 Å². The van der Waals surface area contributed by atoms with E-state index in [2.05, 4.69) is 11.1 Å². The maximum atomic E-state index is 13.6. The molecular weight excluding hydrogens is 309 g/mol. The Hall–Kier alpha value is -2.16. The molecule has 0 aliphatic carbocycles. The van der Waals surface area contributed by atoms with Crippen LogP contribution in [0.2, 0.25) is 5.02 Å². The summed E-state index contributed by atoms with van der Waals surface area (Å²) in [5, 5.41) is 8.86. The van der Waals surface area contributed by atoms with Crippen LogP contribution in [0.5, 0.6) is 0 Å². The Morgan fingerprint density at radius 3 is 2.67 bits per heavy atom. The largest absolute Gasteiger partial charge is 0.331 e. The number of hydrogen-bond donors (Lipinski definition) is 1. The van der Waals surface area contributed by atoms with E-state index in [1.807, 2.05) is 12.1 Å². The first-order valence-electron chi connectivity index (χ1n) is 6.15. The Morgan fingerprint density at radius 2 is 2.00 bits per heavy atom. The van der Waals surface area contributed by atoms with Gasteiger partial charge in [0.05, 0.1) is 34.2 Å². The second-order valence-electron chi connectivity index (χ2n) is 4.61. The van der Waals surface area contributed by atoms with E-state index in [0.717, 1.165) is 5.56 Å². The lowest BCUT2D eigenvalue weighted by molar-refractivity contribution is 0.629. The SMILES string of the molecule is N#Cc1ccc(Cn2c(=S)[nH]c3cc(Cl)c(F)cc32)cc1. The molecule has 0 saturated carbocycles. The molecule has 0 bridgehead atoms. The Morgan fingerprint density at radius 1 is 1.29 bits per heavy atom. The highest BCUT2D eigenvalue weighted by Crippen LogP contribution is 2.23. The third-order valence-corrected chi connectivity index (χ3v) is 3.85. The van der Waals surface area contributed by atoms with Gasteiger partial charge < -0.3 is 9.55 Å². The van der Waals surface area contributed by atoms with Crippen molar-refractivity contribution >= 4 is 34.9 Å². The van der Waals surface area contributed by atoms with Gasteiger partial charge in [0, 0.05) is 6.07 Å². The zero-order valence-corrected chi connectivity index (χ0v) is 12.3. The summed E-state index contributed by atoms with van der Waals surface area (Å²) in [6.07, 6.45) is 0. The summed E-state index contributed by atoms with van der Waals surface area (Å²) in [6, 6.07) is 12.2. The smallest absolute Gasteiger partial charge is 0.178 e. The molecule has 3 aromatic rings. The Kier molecular flexibility index (Phi) is 3.50. The van der Waals surface area contributed by atoms with Crippen LogP contribution < -0.4 is 0 Å². The van der Waals surface area contributed by atoms with Crippen LogP contribution in [0.25, 0.3) is 11.0 Å². The molecule has 0 amide bonds. The number of halogens is 2. The van der Waals surface area contributed by atoms with Gasteiger partial charge in [-0.3, -0.25) is 0 Å². The molecule has 21 heavy (non-hydrogen) atoms. The van der Waals surface area contributed by atoms with Crippen molar-refractivity contribution in [2.45, 2.75) is 6.54 Å². The number of nitrogens with zero attached hydrogens (tertiary/aromatic N) is 2. The van der Waals surface area contributed by atoms with Crippen LogP contribution in [0.4, 0.5) is 4.39 Å². The van der Waals surface area contributed by atoms with Crippen molar-refractivity contribution in [3.8, 4) is 6.07 Å². The predicted octanol–water partition coefficient (Wildman–Crippen LogP) is 4.41. The first kappa shape index (κ1) is 13.8. The van der Waals surface area contributed by atoms with Gasteiger partial charge in [0.25, 0.3) is 0 Å². The highest BCUT2D eigenvalue weighted by atomic mass is 35.5. The number of benzene rings is 2. The number of aromatic amines is 1. The van der Waals surface area contributed by atoms with Gasteiger partial charge in [-0.2, -0.15) is 5.26 Å². The lowest BCUT2D eigenvalue weighted by Crippen LogP contribution is -2.00. The molecule has 0 atom stereocenters. The van der Waals surface area contributed by atoms with Crippen molar-refractivity contribution in [3.05, 3.63) is 63.1 Å². The van der Waals surface area contributed by atoms with E-state index < -0.39 is 5.82 Å². The Balaban J connectivity index is 2.07. The molecule has 0 fully saturated rings. The summed E-state index contributed by atoms with van der Waals surface area (Å²) in [5.74, 6) is -0.480. The first-order valence-corrected chi connectivity index (χ1v) is 6.93. The van der Waals surface area contributed by atoms with Crippen LogP contribution >= 0.6 is 23.8 Å². The molecule has 1 heterocycles. The average molecular weight is 318 g/mol. The zero-order valence-electron chi connectivity index (χ0n) is 10.7. The summed E-state index contributed by atoms with van der Waals surface area (Å²) in [5.41, 5.74) is 2.92. The van der Waals surface area contributed by atoms with Crippen LogP contribution in [-0.4, -0.2) is 9.55 Å². The lowest BCUT2D eigenvalue weighted by atomic mass is 10.1. The molecule has 0 unspecified atom stereocenters. The number of hydrogen-bond acceptors (Lipinski definition) is 2. The Bertz CT molecular complexity index is 919. The summed E-state index contributed by atoms with van der Waals surface area (Å²) >= 11 is 11.1. The van der Waals surface area contributed by atoms with Gasteiger partial charge in [-0.25, -0.2) is 4.39 Å². The maximum Gasteiger partial charge on any atom is 0.178 e. The second-order valence-corrected chi connectivity index (χ2v) is 5.40. The van der Waals surface area contributed by atoms with Crippen LogP contribution in [0, 0.1) is 21.9 Å². The molecular formula is C15H9ClFN3S. The third kappa shape index (κ3) is 2.56. The minimum absolute atomic E-state index is 0.0595. The maximum absolute atomic E-state index is 13.6. The van der Waals surface area contributed by atoms with Gasteiger partial charge in [0.1, 0.15) is 5.82 Å². The summed E-state index contributed by atoms with van der Waals surface area (Å²) in [6.45, 7) is 0.492. The molecule has 0 spiro atoms. The van der Waals surface area contributed by atoms with Gasteiger partial charge in [-0.1, -0.05) is 23.7 Å². The molecule has 0 aliphatic heterocycles. The molecule has 3 nitrogen and oxygen atoms in total. The molecule has 1 N–H and O–H groups in total. The molecule has 1 aromatic heterocycles. The predicted molar refractivity (Wildman–Crippen MR) is 82.3 cm³/mol. The van der Waals surface area contributed by atoms with Gasteiger partial charge in [0.2, 0.25) is 0 Å². The van der Waals surface area contributed by atoms with Crippen LogP contribution in [0.1, 0.15) is 11.1 Å². The summed E-state index contributed by atoms with van der Waals surface area (Å²) in [7, 11) is 0. The molecule has 0 aliphatic rings. The second kappa shape index (κ2) is 5.32. The average Bonchev–Trinajstić information content (AvgIpc) is 2.76. The fourth-order valence-corrected chi connectivity index (χ4v) is 2.61. The van der Waals surface area contributed by atoms with Crippen molar-refractivity contribution in [1.82, 2.24) is 9.55 Å². The molecule has 0 saturated heterocycles. The quantitative estimate of drug-likeness (QED) is 0.711. The van der Waals surface area contributed by atoms with E-state index in [0.29, 0.717) is 27.9 Å². The Labute approximate surface area is 130 Å². The van der Waals surface area contributed by atoms with E-state index in [9.17, 15) is 4.39 Å². The van der Waals surface area contributed by atoms with Crippen molar-refractivity contribution in [3.63, 3.8) is 0 Å². The van der Waals surface area contributed by atoms with E-state index in [-0.39, 0.29) is 5.02 Å². The minimum Gasteiger partial charge on any atom is -0.331 e. The standard InChI is InChI=1S/C15H9ClFN3S/c16-11-5-13-14(6-12(11)17)20(15(21)19-13)8-10-3-1-9(7-18)2-4-10/h1-6H,8H2,(H,19,21). The van der Waals surface area contributed by atoms with Gasteiger partial charge in [-0.05, 0) is 36.0 Å². The van der Waals surface area contributed by atoms with Crippen LogP contribution in [-0.2, 0) is 6.54 Å². The van der Waals surface area contributed by atoms with Crippen LogP contribution in [0.15, 0.2) is 36.4 Å². The molecule has 0 radical (unpaired) electrons. The van der Waals surface area contributed by atoms with Crippen LogP contribution in [0.3, 0.4) is 0 Å². The van der Waals surface area contributed by atoms with E-state index >= 15 is 0 Å². The molecule has 3 rings (SSSR count). The highest BCUT2D eigenvalue weighted by molar-refractivity contribution is 7.71. The van der Waals surface area contributed by atoms with Crippen molar-refractivity contribution in [2.24, 2.45) is 0 Å². The number of imidazole rings is 1. The number of H-pyrrole nitrogens is 1. The monoisotopic (exact) mass is 317 g/mol. The molecule has 2 aromatic carbocycles. The fraction of sp³-hybridized carbons (Fsp3) is 0.0667. The summed E-state index contributed by atoms with van der Waals surface area (Å²) in [4.78, 5) is 3.01. The minimum atomic E-state index is -0.480. The number of nitriles is 1. The van der Waals surface area contributed by atoms with Crippen molar-refractivity contribution in [2.75, 3.05) is 0 Å². The number of nitrogens with one attached hydrogen (secondary N) is 1. The highest BCUT2D eigenvalue weighted by Gasteiger charge is 2.09. The molecule has 104 valence electrons. The summed E-state index contributed by atoms with van der Waals surface area (Å²) < 4.78 is 15.9. The topological polar surface area (TPSA) is 44.5 Å². The van der Waals surface area contributed by atoms with Gasteiger partial charge >= 0.3 is 0 Å². The number of fused-ring (bicyclic) bond motifs is 1. The number of aromatic nitrogens is 2. The third-order valence-electron chi connectivity index (χ3n) is 3.24. The van der Waals surface area contributed by atoms with E-state index in [4.69, 9.17) is 29.1 Å². The van der Waals surface area contributed by atoms with E-state index in [1.54, 1.807) is 16.7 Å². The van der Waals surface area contributed by atoms with Gasteiger partial charge in [-0.15, -0.1) is 0 Å². The van der Waals surface area contributed by atoms with Crippen molar-refractivity contribution < 1.29 is 4.39 Å².